The number of aromatic nitrogens is 4. The molecule has 0 fully saturated rings. The number of rotatable bonds is 3. The third-order valence-electron chi connectivity index (χ3n) is 3.65. The third kappa shape index (κ3) is 2.08. The van der Waals surface area contributed by atoms with Crippen molar-refractivity contribution in [3.8, 4) is 0 Å². The van der Waals surface area contributed by atoms with Crippen LogP contribution in [0.2, 0.25) is 0 Å². The number of thiazole rings is 1. The first-order chi connectivity index (χ1) is 10.4. The molecule has 4 heterocycles. The Morgan fingerprint density at radius 1 is 1.43 bits per heavy atom. The molecule has 0 saturated heterocycles. The largest absolute Gasteiger partial charge is 0.376 e. The summed E-state index contributed by atoms with van der Waals surface area (Å²) >= 11 is 1.67. The van der Waals surface area contributed by atoms with Gasteiger partial charge in [-0.05, 0) is 6.07 Å². The summed E-state index contributed by atoms with van der Waals surface area (Å²) in [6.45, 7) is 1.56. The summed E-state index contributed by atoms with van der Waals surface area (Å²) < 4.78 is 1.68. The molecule has 108 valence electrons. The average Bonchev–Trinajstić information content (AvgIpc) is 3.14. The van der Waals surface area contributed by atoms with Crippen molar-refractivity contribution in [2.45, 2.75) is 19.3 Å². The number of aliphatic hydroxyl groups excluding tert-OH is 1. The van der Waals surface area contributed by atoms with Gasteiger partial charge in [0.1, 0.15) is 24.5 Å². The van der Waals surface area contributed by atoms with E-state index in [4.69, 9.17) is 0 Å². The molecule has 0 bridgehead atoms. The predicted octanol–water partition coefficient (Wildman–Crippen LogP) is 1.09. The minimum atomic E-state index is -0.0933. The van der Waals surface area contributed by atoms with Gasteiger partial charge in [0, 0.05) is 19.3 Å². The summed E-state index contributed by atoms with van der Waals surface area (Å²) in [6.07, 6.45) is 3.32. The van der Waals surface area contributed by atoms with Crippen LogP contribution in [0.4, 0.5) is 5.82 Å². The van der Waals surface area contributed by atoms with Gasteiger partial charge < -0.3 is 20.3 Å². The summed E-state index contributed by atoms with van der Waals surface area (Å²) in [5.74, 6) is 0.778. The Balaban J connectivity index is 1.71. The fraction of sp³-hybridized carbons (Fsp3) is 0.308. The standard InChI is InChI=1S/C13H14N6OS/c20-7-19-2-1-8-12(15-5-16-13(8)19)18-10-4-14-3-9-11(10)21-6-17-9/h1-2,5-6,10,14,20H,3-4,7H2,(H,15,16,18)/t10-/m0/s1. The first kappa shape index (κ1) is 12.7. The minimum Gasteiger partial charge on any atom is -0.376 e. The molecule has 8 heteroatoms. The molecule has 0 spiro atoms. The Labute approximate surface area is 124 Å². The number of nitrogens with one attached hydrogen (secondary N) is 2. The van der Waals surface area contributed by atoms with E-state index in [1.54, 1.807) is 15.9 Å². The SMILES string of the molecule is OCn1ccc2c(N[C@H]3CNCc4ncsc43)ncnc21. The molecule has 1 aliphatic rings. The maximum absolute atomic E-state index is 9.30. The van der Waals surface area contributed by atoms with Crippen LogP contribution >= 0.6 is 11.3 Å². The van der Waals surface area contributed by atoms with E-state index in [1.165, 1.54) is 11.2 Å². The van der Waals surface area contributed by atoms with E-state index in [0.717, 1.165) is 35.6 Å². The highest BCUT2D eigenvalue weighted by Crippen LogP contribution is 2.30. The zero-order valence-corrected chi connectivity index (χ0v) is 12.0. The minimum absolute atomic E-state index is 0.0933. The lowest BCUT2D eigenvalue weighted by Crippen LogP contribution is -2.31. The Hall–Kier alpha value is -2.03. The Bertz CT molecular complexity index is 782. The first-order valence-electron chi connectivity index (χ1n) is 6.67. The molecule has 3 aromatic rings. The molecule has 0 unspecified atom stereocenters. The van der Waals surface area contributed by atoms with Gasteiger partial charge in [-0.2, -0.15) is 0 Å². The Morgan fingerprint density at radius 3 is 3.29 bits per heavy atom. The average molecular weight is 302 g/mol. The number of hydrogen-bond acceptors (Lipinski definition) is 7. The van der Waals surface area contributed by atoms with Crippen molar-refractivity contribution in [2.24, 2.45) is 0 Å². The lowest BCUT2D eigenvalue weighted by Gasteiger charge is -2.24. The van der Waals surface area contributed by atoms with E-state index in [-0.39, 0.29) is 12.8 Å². The highest BCUT2D eigenvalue weighted by molar-refractivity contribution is 7.09. The number of fused-ring (bicyclic) bond motifs is 2. The van der Waals surface area contributed by atoms with Crippen molar-refractivity contribution in [2.75, 3.05) is 11.9 Å². The smallest absolute Gasteiger partial charge is 0.147 e. The van der Waals surface area contributed by atoms with Crippen molar-refractivity contribution < 1.29 is 5.11 Å². The van der Waals surface area contributed by atoms with E-state index >= 15 is 0 Å². The molecule has 3 aromatic heterocycles. The lowest BCUT2D eigenvalue weighted by molar-refractivity contribution is 0.215. The number of aliphatic hydroxyl groups is 1. The van der Waals surface area contributed by atoms with Crippen LogP contribution in [0.5, 0.6) is 0 Å². The van der Waals surface area contributed by atoms with Gasteiger partial charge >= 0.3 is 0 Å². The fourth-order valence-electron chi connectivity index (χ4n) is 2.64. The molecule has 3 N–H and O–H groups in total. The van der Waals surface area contributed by atoms with Gasteiger partial charge in [-0.1, -0.05) is 0 Å². The van der Waals surface area contributed by atoms with Crippen LogP contribution in [0.1, 0.15) is 16.6 Å². The van der Waals surface area contributed by atoms with Crippen LogP contribution < -0.4 is 10.6 Å². The van der Waals surface area contributed by atoms with Gasteiger partial charge in [0.15, 0.2) is 0 Å². The molecule has 1 atom stereocenters. The molecule has 0 radical (unpaired) electrons. The molecule has 7 nitrogen and oxygen atoms in total. The molecule has 0 aliphatic carbocycles. The molecular formula is C13H14N6OS. The second-order valence-electron chi connectivity index (χ2n) is 4.88. The van der Waals surface area contributed by atoms with Crippen LogP contribution in [0.3, 0.4) is 0 Å². The van der Waals surface area contributed by atoms with Crippen molar-refractivity contribution in [3.05, 3.63) is 34.7 Å². The predicted molar refractivity (Wildman–Crippen MR) is 79.9 cm³/mol. The summed E-state index contributed by atoms with van der Waals surface area (Å²) in [4.78, 5) is 14.2. The van der Waals surface area contributed by atoms with E-state index < -0.39 is 0 Å². The lowest BCUT2D eigenvalue weighted by atomic mass is 10.1. The summed E-state index contributed by atoms with van der Waals surface area (Å²) in [6, 6.07) is 2.06. The highest BCUT2D eigenvalue weighted by atomic mass is 32.1. The summed E-state index contributed by atoms with van der Waals surface area (Å²) in [5.41, 5.74) is 3.70. The zero-order chi connectivity index (χ0) is 14.2. The number of hydrogen-bond donors (Lipinski definition) is 3. The molecule has 0 amide bonds. The van der Waals surface area contributed by atoms with Crippen LogP contribution in [0.15, 0.2) is 24.1 Å². The van der Waals surface area contributed by atoms with Gasteiger partial charge in [0.2, 0.25) is 0 Å². The molecule has 4 rings (SSSR count). The Morgan fingerprint density at radius 2 is 2.38 bits per heavy atom. The van der Waals surface area contributed by atoms with Crippen LogP contribution in [0.25, 0.3) is 11.0 Å². The maximum atomic E-state index is 9.30. The zero-order valence-electron chi connectivity index (χ0n) is 11.2. The summed E-state index contributed by atoms with van der Waals surface area (Å²) in [7, 11) is 0. The summed E-state index contributed by atoms with van der Waals surface area (Å²) in [5, 5.41) is 17.0. The molecule has 0 saturated carbocycles. The second-order valence-corrected chi connectivity index (χ2v) is 5.76. The van der Waals surface area contributed by atoms with E-state index in [0.29, 0.717) is 0 Å². The van der Waals surface area contributed by atoms with Crippen molar-refractivity contribution >= 4 is 28.2 Å². The molecular weight excluding hydrogens is 288 g/mol. The molecule has 1 aliphatic heterocycles. The maximum Gasteiger partial charge on any atom is 0.147 e. The van der Waals surface area contributed by atoms with E-state index in [1.807, 2.05) is 17.8 Å². The van der Waals surface area contributed by atoms with Crippen LogP contribution in [-0.2, 0) is 13.3 Å². The van der Waals surface area contributed by atoms with Gasteiger partial charge in [-0.15, -0.1) is 11.3 Å². The van der Waals surface area contributed by atoms with E-state index in [9.17, 15) is 5.11 Å². The van der Waals surface area contributed by atoms with Crippen LogP contribution in [0, 0.1) is 0 Å². The van der Waals surface area contributed by atoms with Gasteiger partial charge in [0.05, 0.1) is 27.5 Å². The van der Waals surface area contributed by atoms with E-state index in [2.05, 4.69) is 25.6 Å². The Kier molecular flexibility index (Phi) is 3.06. The van der Waals surface area contributed by atoms with Gasteiger partial charge in [0.25, 0.3) is 0 Å². The van der Waals surface area contributed by atoms with Crippen molar-refractivity contribution in [1.82, 2.24) is 24.8 Å². The second kappa shape index (κ2) is 5.06. The molecule has 0 aromatic carbocycles. The highest BCUT2D eigenvalue weighted by Gasteiger charge is 2.23. The third-order valence-corrected chi connectivity index (χ3v) is 4.63. The number of nitrogens with zero attached hydrogens (tertiary/aromatic N) is 4. The van der Waals surface area contributed by atoms with Gasteiger partial charge in [-0.3, -0.25) is 0 Å². The van der Waals surface area contributed by atoms with Gasteiger partial charge in [-0.25, -0.2) is 15.0 Å². The monoisotopic (exact) mass is 302 g/mol. The normalized spacial score (nSPS) is 17.9. The fourth-order valence-corrected chi connectivity index (χ4v) is 3.50. The van der Waals surface area contributed by atoms with Crippen LogP contribution in [-0.4, -0.2) is 31.2 Å². The quantitative estimate of drug-likeness (QED) is 0.671. The first-order valence-corrected chi connectivity index (χ1v) is 7.55. The molecule has 21 heavy (non-hydrogen) atoms. The number of anilines is 1. The van der Waals surface area contributed by atoms with Crippen molar-refractivity contribution in [1.29, 1.82) is 0 Å². The van der Waals surface area contributed by atoms with Crippen molar-refractivity contribution in [3.63, 3.8) is 0 Å². The topological polar surface area (TPSA) is 87.9 Å².